The van der Waals surface area contributed by atoms with Crippen molar-refractivity contribution in [3.8, 4) is 16.4 Å². The molecule has 4 rings (SSSR count). The zero-order chi connectivity index (χ0) is 19.0. The number of aromatic nitrogens is 3. The topological polar surface area (TPSA) is 76.9 Å². The minimum atomic E-state index is -0.835. The molecule has 0 spiro atoms. The number of carbonyl (C=O) groups excluding carboxylic acids is 1. The highest BCUT2D eigenvalue weighted by atomic mass is 32.1. The van der Waals surface area contributed by atoms with Crippen LogP contribution in [0.25, 0.3) is 27.4 Å². The molecule has 134 valence electrons. The monoisotopic (exact) mass is 384 g/mol. The molecule has 27 heavy (non-hydrogen) atoms. The van der Waals surface area contributed by atoms with Crippen LogP contribution >= 0.6 is 11.3 Å². The van der Waals surface area contributed by atoms with Crippen molar-refractivity contribution in [3.05, 3.63) is 70.0 Å². The third-order valence-corrected chi connectivity index (χ3v) is 4.68. The number of thiazole rings is 1. The van der Waals surface area contributed by atoms with E-state index < -0.39 is 17.1 Å². The molecule has 0 aliphatic carbocycles. The van der Waals surface area contributed by atoms with Crippen molar-refractivity contribution in [1.82, 2.24) is 14.5 Å². The van der Waals surface area contributed by atoms with Gasteiger partial charge < -0.3 is 5.32 Å². The van der Waals surface area contributed by atoms with Gasteiger partial charge in [-0.1, -0.05) is 0 Å². The second kappa shape index (κ2) is 6.69. The van der Waals surface area contributed by atoms with E-state index in [-0.39, 0.29) is 22.4 Å². The molecule has 1 aromatic carbocycles. The van der Waals surface area contributed by atoms with Crippen LogP contribution in [0.4, 0.5) is 14.5 Å². The Morgan fingerprint density at radius 3 is 2.74 bits per heavy atom. The fourth-order valence-corrected chi connectivity index (χ4v) is 3.31. The summed E-state index contributed by atoms with van der Waals surface area (Å²) in [5.74, 6) is -1.57. The number of hydrogen-bond acceptors (Lipinski definition) is 5. The van der Waals surface area contributed by atoms with E-state index in [9.17, 15) is 18.4 Å². The van der Waals surface area contributed by atoms with Crippen molar-refractivity contribution >= 4 is 34.5 Å². The van der Waals surface area contributed by atoms with Gasteiger partial charge in [-0.25, -0.2) is 18.7 Å². The van der Waals surface area contributed by atoms with E-state index in [4.69, 9.17) is 0 Å². The van der Waals surface area contributed by atoms with Gasteiger partial charge in [-0.05, 0) is 24.3 Å². The number of carbonyl (C=O) groups is 1. The first kappa shape index (κ1) is 17.0. The highest BCUT2D eigenvalue weighted by Crippen LogP contribution is 2.25. The number of anilines is 1. The summed E-state index contributed by atoms with van der Waals surface area (Å²) in [7, 11) is 0. The summed E-state index contributed by atoms with van der Waals surface area (Å²) in [4.78, 5) is 32.1. The lowest BCUT2D eigenvalue weighted by Crippen LogP contribution is -2.16. The predicted molar refractivity (Wildman–Crippen MR) is 98.1 cm³/mol. The molecule has 0 atom stereocenters. The summed E-state index contributed by atoms with van der Waals surface area (Å²) >= 11 is 1.36. The maximum atomic E-state index is 14.4. The molecule has 0 saturated heterocycles. The van der Waals surface area contributed by atoms with E-state index >= 15 is 0 Å². The molecule has 0 unspecified atom stereocenters. The van der Waals surface area contributed by atoms with Crippen LogP contribution in [-0.4, -0.2) is 20.9 Å². The van der Waals surface area contributed by atoms with Gasteiger partial charge in [0.25, 0.3) is 0 Å². The van der Waals surface area contributed by atoms with Gasteiger partial charge in [0.05, 0.1) is 11.1 Å². The summed E-state index contributed by atoms with van der Waals surface area (Å²) in [6, 6.07) is 6.22. The van der Waals surface area contributed by atoms with Crippen molar-refractivity contribution in [2.24, 2.45) is 0 Å². The average Bonchev–Trinajstić information content (AvgIpc) is 3.19. The van der Waals surface area contributed by atoms with Gasteiger partial charge in [-0.2, -0.15) is 0 Å². The third-order valence-electron chi connectivity index (χ3n) is 3.89. The molecule has 6 nitrogen and oxygen atoms in total. The van der Waals surface area contributed by atoms with Crippen molar-refractivity contribution < 1.29 is 13.6 Å². The minimum absolute atomic E-state index is 0.0147. The molecule has 0 aliphatic heterocycles. The number of nitrogens with one attached hydrogen (secondary N) is 1. The van der Waals surface area contributed by atoms with Gasteiger partial charge in [0.1, 0.15) is 33.7 Å². The Hall–Kier alpha value is -3.46. The Kier molecular flexibility index (Phi) is 4.21. The SMILES string of the molecule is O=CNc1cn(-c2ccc(F)cc2F)c2nc(-c3nccs3)ccc2c1=O. The van der Waals surface area contributed by atoms with Crippen LogP contribution in [0.3, 0.4) is 0 Å². The number of hydrogen-bond donors (Lipinski definition) is 1. The summed E-state index contributed by atoms with van der Waals surface area (Å²) in [5.41, 5.74) is 0.136. The molecule has 4 aromatic rings. The molecule has 0 fully saturated rings. The zero-order valence-corrected chi connectivity index (χ0v) is 14.3. The normalized spacial score (nSPS) is 10.9. The molecule has 1 N–H and O–H groups in total. The molecule has 3 aromatic heterocycles. The lowest BCUT2D eigenvalue weighted by atomic mass is 10.2. The first-order valence-corrected chi connectivity index (χ1v) is 8.58. The highest BCUT2D eigenvalue weighted by molar-refractivity contribution is 7.13. The lowest BCUT2D eigenvalue weighted by molar-refractivity contribution is -0.105. The number of halogens is 2. The molecular weight excluding hydrogens is 374 g/mol. The smallest absolute Gasteiger partial charge is 0.214 e. The van der Waals surface area contributed by atoms with Crippen LogP contribution < -0.4 is 10.7 Å². The van der Waals surface area contributed by atoms with Gasteiger partial charge in [-0.15, -0.1) is 11.3 Å². The first-order valence-electron chi connectivity index (χ1n) is 7.70. The maximum absolute atomic E-state index is 14.4. The second-order valence-electron chi connectivity index (χ2n) is 5.50. The number of nitrogens with zero attached hydrogens (tertiary/aromatic N) is 3. The van der Waals surface area contributed by atoms with Gasteiger partial charge >= 0.3 is 0 Å². The number of rotatable bonds is 4. The number of pyridine rings is 2. The van der Waals surface area contributed by atoms with Crippen LogP contribution in [0.15, 0.2) is 52.9 Å². The van der Waals surface area contributed by atoms with E-state index in [0.717, 1.165) is 12.1 Å². The third kappa shape index (κ3) is 2.97. The van der Waals surface area contributed by atoms with E-state index in [1.54, 1.807) is 17.6 Å². The fourth-order valence-electron chi connectivity index (χ4n) is 2.70. The summed E-state index contributed by atoms with van der Waals surface area (Å²) in [6.45, 7) is 0. The van der Waals surface area contributed by atoms with Gasteiger partial charge in [-0.3, -0.25) is 14.2 Å². The summed E-state index contributed by atoms with van der Waals surface area (Å²) < 4.78 is 29.0. The number of amides is 1. The summed E-state index contributed by atoms with van der Waals surface area (Å²) in [5, 5.41) is 4.89. The number of benzene rings is 1. The molecule has 0 bridgehead atoms. The van der Waals surface area contributed by atoms with Crippen LogP contribution in [0.5, 0.6) is 0 Å². The maximum Gasteiger partial charge on any atom is 0.214 e. The van der Waals surface area contributed by atoms with E-state index in [1.165, 1.54) is 34.2 Å². The first-order chi connectivity index (χ1) is 13.1. The van der Waals surface area contributed by atoms with Crippen molar-refractivity contribution in [2.45, 2.75) is 0 Å². The molecule has 0 radical (unpaired) electrons. The molecule has 1 amide bonds. The predicted octanol–water partition coefficient (Wildman–Crippen LogP) is 3.36. The van der Waals surface area contributed by atoms with Crippen LogP contribution in [-0.2, 0) is 4.79 Å². The Morgan fingerprint density at radius 2 is 2.04 bits per heavy atom. The average molecular weight is 384 g/mol. The largest absolute Gasteiger partial charge is 0.324 e. The minimum Gasteiger partial charge on any atom is -0.324 e. The molecular formula is C18H10F2N4O2S. The van der Waals surface area contributed by atoms with Crippen molar-refractivity contribution in [2.75, 3.05) is 5.32 Å². The van der Waals surface area contributed by atoms with E-state index in [1.807, 2.05) is 0 Å². The number of fused-ring (bicyclic) bond motifs is 1. The second-order valence-corrected chi connectivity index (χ2v) is 6.40. The molecule has 3 heterocycles. The standard InChI is InChI=1S/C18H10F2N4O2S/c19-10-1-4-15(12(20)7-10)24-8-14(22-9-25)16(26)11-2-3-13(23-17(11)24)18-21-5-6-27-18/h1-9H,(H,22,25). The molecule has 0 saturated carbocycles. The Labute approximate surface area is 154 Å². The molecule has 0 aliphatic rings. The van der Waals surface area contributed by atoms with E-state index in [0.29, 0.717) is 17.1 Å². The van der Waals surface area contributed by atoms with Gasteiger partial charge in [0, 0.05) is 23.8 Å². The lowest BCUT2D eigenvalue weighted by Gasteiger charge is -2.14. The Balaban J connectivity index is 2.07. The van der Waals surface area contributed by atoms with Crippen molar-refractivity contribution in [1.29, 1.82) is 0 Å². The summed E-state index contributed by atoms with van der Waals surface area (Å²) in [6.07, 6.45) is 3.23. The zero-order valence-electron chi connectivity index (χ0n) is 13.5. The quantitative estimate of drug-likeness (QED) is 0.548. The van der Waals surface area contributed by atoms with Gasteiger partial charge in [0.15, 0.2) is 0 Å². The Morgan fingerprint density at radius 1 is 1.19 bits per heavy atom. The van der Waals surface area contributed by atoms with Crippen molar-refractivity contribution in [3.63, 3.8) is 0 Å². The van der Waals surface area contributed by atoms with Crippen LogP contribution in [0.2, 0.25) is 0 Å². The molecule has 9 heteroatoms. The van der Waals surface area contributed by atoms with Crippen LogP contribution in [0.1, 0.15) is 0 Å². The highest BCUT2D eigenvalue weighted by Gasteiger charge is 2.16. The van der Waals surface area contributed by atoms with Crippen LogP contribution in [0, 0.1) is 11.6 Å². The fraction of sp³-hybridized carbons (Fsp3) is 0. The van der Waals surface area contributed by atoms with Gasteiger partial charge in [0.2, 0.25) is 11.8 Å². The van der Waals surface area contributed by atoms with E-state index in [2.05, 4.69) is 15.3 Å². The Bertz CT molecular complexity index is 1220.